The van der Waals surface area contributed by atoms with Gasteiger partial charge < -0.3 is 25.1 Å². The molecule has 0 saturated carbocycles. The number of hydrogen-bond acceptors (Lipinski definition) is 4. The molecule has 3 atom stereocenters. The summed E-state index contributed by atoms with van der Waals surface area (Å²) >= 11 is 0. The Morgan fingerprint density at radius 2 is 1.81 bits per heavy atom. The molecule has 3 amide bonds. The van der Waals surface area contributed by atoms with Gasteiger partial charge in [-0.05, 0) is 43.4 Å². The Morgan fingerprint density at radius 1 is 1.13 bits per heavy atom. The van der Waals surface area contributed by atoms with Gasteiger partial charge >= 0.3 is 0 Å². The second-order valence-corrected chi connectivity index (χ2v) is 9.63. The largest absolute Gasteiger partial charge is 0.508 e. The first-order valence-corrected chi connectivity index (χ1v) is 11.1. The molecule has 8 nitrogen and oxygen atoms in total. The van der Waals surface area contributed by atoms with Crippen molar-refractivity contribution in [2.45, 2.75) is 44.2 Å². The summed E-state index contributed by atoms with van der Waals surface area (Å²) in [6.07, 6.45) is 4.57. The summed E-state index contributed by atoms with van der Waals surface area (Å²) in [4.78, 5) is 39.6. The van der Waals surface area contributed by atoms with E-state index in [1.54, 1.807) is 29.2 Å². The number of nitrogens with zero attached hydrogens (tertiary/aromatic N) is 2. The van der Waals surface area contributed by atoms with Crippen molar-refractivity contribution in [1.29, 1.82) is 0 Å². The summed E-state index contributed by atoms with van der Waals surface area (Å²) in [5.41, 5.74) is 0.754. The van der Waals surface area contributed by atoms with Gasteiger partial charge in [0.05, 0.1) is 46.2 Å². The Hall–Kier alpha value is -2.61. The molecule has 1 aromatic rings. The molecule has 3 rings (SSSR count). The van der Waals surface area contributed by atoms with Crippen molar-refractivity contribution in [2.24, 2.45) is 5.92 Å². The van der Waals surface area contributed by atoms with E-state index in [2.05, 4.69) is 31.8 Å². The minimum atomic E-state index is -0.633. The van der Waals surface area contributed by atoms with Crippen LogP contribution in [0, 0.1) is 5.92 Å². The van der Waals surface area contributed by atoms with Gasteiger partial charge in [-0.1, -0.05) is 18.6 Å². The molecule has 8 heteroatoms. The van der Waals surface area contributed by atoms with Gasteiger partial charge in [-0.25, -0.2) is 0 Å². The lowest BCUT2D eigenvalue weighted by molar-refractivity contribution is -0.870. The number of aromatic hydroxyl groups is 1. The highest BCUT2D eigenvalue weighted by molar-refractivity contribution is 5.97. The first kappa shape index (κ1) is 23.1. The average molecular weight is 432 g/mol. The normalized spacial score (nSPS) is 23.5. The fourth-order valence-electron chi connectivity index (χ4n) is 4.53. The van der Waals surface area contributed by atoms with Crippen LogP contribution < -0.4 is 10.6 Å². The van der Waals surface area contributed by atoms with Gasteiger partial charge in [0.25, 0.3) is 0 Å². The van der Waals surface area contributed by atoms with Crippen molar-refractivity contribution in [3.8, 4) is 5.75 Å². The van der Waals surface area contributed by atoms with E-state index in [-0.39, 0.29) is 30.0 Å². The summed E-state index contributed by atoms with van der Waals surface area (Å²) in [6, 6.07) is 5.39. The Bertz CT molecular complexity index is 803. The van der Waals surface area contributed by atoms with E-state index >= 15 is 0 Å². The fourth-order valence-corrected chi connectivity index (χ4v) is 4.53. The monoisotopic (exact) mass is 431 g/mol. The number of benzene rings is 1. The number of piperazine rings is 1. The molecule has 0 aromatic heterocycles. The highest BCUT2D eigenvalue weighted by atomic mass is 16.3. The Balaban J connectivity index is 1.61. The zero-order chi connectivity index (χ0) is 22.6. The Morgan fingerprint density at radius 3 is 2.48 bits per heavy atom. The van der Waals surface area contributed by atoms with E-state index in [1.165, 1.54) is 0 Å². The average Bonchev–Trinajstić information content (AvgIpc) is 3.12. The number of nitrogens with one attached hydrogen (secondary N) is 2. The fraction of sp³-hybridized carbons (Fsp3) is 0.609. The highest BCUT2D eigenvalue weighted by Crippen LogP contribution is 2.42. The van der Waals surface area contributed by atoms with Gasteiger partial charge in [-0.15, -0.1) is 0 Å². The van der Waals surface area contributed by atoms with Crippen molar-refractivity contribution in [3.05, 3.63) is 29.8 Å². The third-order valence-corrected chi connectivity index (χ3v) is 6.12. The number of quaternary nitrogens is 1. The van der Waals surface area contributed by atoms with Gasteiger partial charge in [0.2, 0.25) is 17.7 Å². The highest BCUT2D eigenvalue weighted by Gasteiger charge is 2.51. The Labute approximate surface area is 184 Å². The van der Waals surface area contributed by atoms with Crippen LogP contribution in [0.5, 0.6) is 5.75 Å². The number of hydrogen-bond donors (Lipinski definition) is 3. The molecular formula is C23H35N4O4+. The van der Waals surface area contributed by atoms with Crippen LogP contribution in [0.2, 0.25) is 0 Å². The van der Waals surface area contributed by atoms with E-state index in [0.29, 0.717) is 13.0 Å². The number of unbranched alkanes of at least 4 members (excludes halogenated alkanes) is 3. The van der Waals surface area contributed by atoms with Crippen molar-refractivity contribution in [1.82, 2.24) is 15.5 Å². The smallest absolute Gasteiger partial charge is 0.243 e. The number of amides is 3. The topological polar surface area (TPSA) is 98.7 Å². The van der Waals surface area contributed by atoms with E-state index in [9.17, 15) is 19.5 Å². The molecule has 2 saturated heterocycles. The Kier molecular flexibility index (Phi) is 7.20. The molecule has 31 heavy (non-hydrogen) atoms. The molecule has 170 valence electrons. The van der Waals surface area contributed by atoms with Crippen LogP contribution >= 0.6 is 0 Å². The molecule has 2 aliphatic heterocycles. The third kappa shape index (κ3) is 5.76. The van der Waals surface area contributed by atoms with Gasteiger partial charge in [0, 0.05) is 6.54 Å². The summed E-state index contributed by atoms with van der Waals surface area (Å²) in [7, 11) is 6.56. The molecule has 0 unspecified atom stereocenters. The minimum Gasteiger partial charge on any atom is -0.508 e. The van der Waals surface area contributed by atoms with Crippen LogP contribution in [0.15, 0.2) is 24.3 Å². The van der Waals surface area contributed by atoms with Crippen LogP contribution in [0.3, 0.4) is 0 Å². The van der Waals surface area contributed by atoms with Gasteiger partial charge in [-0.2, -0.15) is 0 Å². The first-order valence-electron chi connectivity index (χ1n) is 11.1. The number of carbonyl (C=O) groups is 3. The van der Waals surface area contributed by atoms with Crippen LogP contribution in [0.1, 0.15) is 43.7 Å². The summed E-state index contributed by atoms with van der Waals surface area (Å²) in [6.45, 7) is 1.68. The number of carbonyl (C=O) groups excluding carboxylic acids is 3. The quantitative estimate of drug-likeness (QED) is 0.404. The van der Waals surface area contributed by atoms with Gasteiger partial charge in [-0.3, -0.25) is 14.4 Å². The first-order chi connectivity index (χ1) is 14.7. The van der Waals surface area contributed by atoms with E-state index in [4.69, 9.17) is 0 Å². The zero-order valence-electron chi connectivity index (χ0n) is 18.8. The predicted octanol–water partition coefficient (Wildman–Crippen LogP) is 1.16. The van der Waals surface area contributed by atoms with Crippen molar-refractivity contribution in [3.63, 3.8) is 0 Å². The van der Waals surface area contributed by atoms with Crippen LogP contribution in [-0.2, 0) is 14.4 Å². The lowest BCUT2D eigenvalue weighted by Crippen LogP contribution is -2.56. The van der Waals surface area contributed by atoms with Crippen molar-refractivity contribution >= 4 is 17.7 Å². The van der Waals surface area contributed by atoms with Crippen molar-refractivity contribution in [2.75, 3.05) is 40.8 Å². The van der Waals surface area contributed by atoms with E-state index in [1.807, 2.05) is 0 Å². The zero-order valence-corrected chi connectivity index (χ0v) is 18.8. The molecule has 0 spiro atoms. The second kappa shape index (κ2) is 9.68. The van der Waals surface area contributed by atoms with Gasteiger partial charge in [0.15, 0.2) is 0 Å². The molecule has 2 fully saturated rings. The number of phenols is 1. The SMILES string of the molecule is C[N+](C)(C)CCCCCCNC(=O)[C@H]1C[C@H]2C(=O)NCC(=O)N2[C@H]1c1ccc(O)cc1. The van der Waals surface area contributed by atoms with E-state index in [0.717, 1.165) is 42.3 Å². The molecule has 0 radical (unpaired) electrons. The molecule has 1 aromatic carbocycles. The van der Waals surface area contributed by atoms with Crippen LogP contribution in [0.4, 0.5) is 0 Å². The van der Waals surface area contributed by atoms with Crippen LogP contribution in [-0.4, -0.2) is 79.0 Å². The number of fused-ring (bicyclic) bond motifs is 1. The second-order valence-electron chi connectivity index (χ2n) is 9.63. The molecule has 0 bridgehead atoms. The molecule has 2 aliphatic rings. The lowest BCUT2D eigenvalue weighted by atomic mass is 9.92. The predicted molar refractivity (Wildman–Crippen MR) is 117 cm³/mol. The molecule has 0 aliphatic carbocycles. The summed E-state index contributed by atoms with van der Waals surface area (Å²) in [5.74, 6) is -0.904. The maximum Gasteiger partial charge on any atom is 0.243 e. The lowest BCUT2D eigenvalue weighted by Gasteiger charge is -2.34. The van der Waals surface area contributed by atoms with Crippen LogP contribution in [0.25, 0.3) is 0 Å². The number of phenolic OH excluding ortho intramolecular Hbond substituents is 1. The maximum absolute atomic E-state index is 13.0. The minimum absolute atomic E-state index is 0.0501. The summed E-state index contributed by atoms with van der Waals surface area (Å²) < 4.78 is 0.959. The maximum atomic E-state index is 13.0. The van der Waals surface area contributed by atoms with Crippen molar-refractivity contribution < 1.29 is 24.0 Å². The number of rotatable bonds is 9. The molecule has 2 heterocycles. The standard InChI is InChI=1S/C23H34N4O4/c1-27(2,3)13-7-5-4-6-12-24-22(30)18-14-19-23(31)25-15-20(29)26(19)21(18)16-8-10-17(28)11-9-16/h8-11,18-19,21H,4-7,12-15H2,1-3H3,(H2-,24,25,28,30,31)/p+1/t18-,19-,21-/m0/s1. The van der Waals surface area contributed by atoms with Gasteiger partial charge in [0.1, 0.15) is 11.8 Å². The van der Waals surface area contributed by atoms with E-state index < -0.39 is 18.0 Å². The molecular weight excluding hydrogens is 396 g/mol. The molecule has 3 N–H and O–H groups in total. The third-order valence-electron chi connectivity index (χ3n) is 6.12. The summed E-state index contributed by atoms with van der Waals surface area (Å²) in [5, 5.41) is 15.3.